The molecule has 3 aromatic rings. The highest BCUT2D eigenvalue weighted by Crippen LogP contribution is 2.35. The van der Waals surface area contributed by atoms with Gasteiger partial charge in [-0.15, -0.1) is 5.10 Å². The standard InChI is InChI=1S/C19H24N4OS/c1-3-15-20-19-23(21-15)18(24)17(25-19)16(22-11-5-4-6-12-22)14-9-7-13(2)8-10-14/h7-10,16,24H,3-6,11-12H2,1-2H3/p+1/t16-/m0/s1. The Morgan fingerprint density at radius 1 is 1.20 bits per heavy atom. The van der Waals surface area contributed by atoms with E-state index < -0.39 is 0 Å². The van der Waals surface area contributed by atoms with Crippen molar-refractivity contribution in [1.82, 2.24) is 14.6 Å². The average molecular weight is 358 g/mol. The van der Waals surface area contributed by atoms with E-state index >= 15 is 0 Å². The van der Waals surface area contributed by atoms with E-state index in [1.54, 1.807) is 15.9 Å². The van der Waals surface area contributed by atoms with Crippen LogP contribution in [-0.4, -0.2) is 32.8 Å². The van der Waals surface area contributed by atoms with Gasteiger partial charge in [-0.2, -0.15) is 4.52 Å². The van der Waals surface area contributed by atoms with Gasteiger partial charge in [0.05, 0.1) is 13.1 Å². The van der Waals surface area contributed by atoms with Crippen LogP contribution in [0.2, 0.25) is 0 Å². The number of quaternary nitrogens is 1. The van der Waals surface area contributed by atoms with Crippen LogP contribution in [0.3, 0.4) is 0 Å². The largest absolute Gasteiger partial charge is 0.492 e. The smallest absolute Gasteiger partial charge is 0.235 e. The van der Waals surface area contributed by atoms with Gasteiger partial charge < -0.3 is 10.0 Å². The van der Waals surface area contributed by atoms with Crippen LogP contribution in [0.5, 0.6) is 5.88 Å². The molecule has 0 unspecified atom stereocenters. The summed E-state index contributed by atoms with van der Waals surface area (Å²) < 4.78 is 1.61. The van der Waals surface area contributed by atoms with Crippen molar-refractivity contribution in [2.45, 2.75) is 45.6 Å². The highest BCUT2D eigenvalue weighted by atomic mass is 32.1. The fraction of sp³-hybridized carbons (Fsp3) is 0.474. The number of hydrogen-bond acceptors (Lipinski definition) is 4. The van der Waals surface area contributed by atoms with Crippen LogP contribution >= 0.6 is 11.3 Å². The minimum Gasteiger partial charge on any atom is -0.492 e. The van der Waals surface area contributed by atoms with E-state index in [1.165, 1.54) is 35.3 Å². The van der Waals surface area contributed by atoms with Gasteiger partial charge in [0.1, 0.15) is 4.88 Å². The molecule has 1 aromatic carbocycles. The maximum atomic E-state index is 10.9. The van der Waals surface area contributed by atoms with E-state index in [0.29, 0.717) is 0 Å². The van der Waals surface area contributed by atoms with Crippen LogP contribution in [0.25, 0.3) is 4.96 Å². The number of hydrogen-bond donors (Lipinski definition) is 2. The fourth-order valence-corrected chi connectivity index (χ4v) is 4.91. The molecule has 0 radical (unpaired) electrons. The third kappa shape index (κ3) is 3.04. The molecule has 0 saturated carbocycles. The topological polar surface area (TPSA) is 54.9 Å². The number of likely N-dealkylation sites (tertiary alicyclic amines) is 1. The van der Waals surface area contributed by atoms with Gasteiger partial charge in [0.2, 0.25) is 10.8 Å². The van der Waals surface area contributed by atoms with Crippen molar-refractivity contribution in [2.75, 3.05) is 13.1 Å². The summed E-state index contributed by atoms with van der Waals surface area (Å²) in [6, 6.07) is 8.88. The molecular weight excluding hydrogens is 332 g/mol. The molecule has 1 saturated heterocycles. The number of aromatic nitrogens is 3. The second-order valence-corrected chi connectivity index (χ2v) is 7.94. The molecule has 0 spiro atoms. The summed E-state index contributed by atoms with van der Waals surface area (Å²) in [5, 5.41) is 15.3. The molecule has 2 aromatic heterocycles. The van der Waals surface area contributed by atoms with Gasteiger partial charge in [0.15, 0.2) is 11.9 Å². The molecule has 1 aliphatic rings. The summed E-state index contributed by atoms with van der Waals surface area (Å²) in [6.45, 7) is 6.43. The summed E-state index contributed by atoms with van der Waals surface area (Å²) in [7, 11) is 0. The van der Waals surface area contributed by atoms with Crippen molar-refractivity contribution in [1.29, 1.82) is 0 Å². The van der Waals surface area contributed by atoms with Crippen LogP contribution in [0, 0.1) is 6.92 Å². The Labute approximate surface area is 151 Å². The van der Waals surface area contributed by atoms with Crippen LogP contribution in [-0.2, 0) is 6.42 Å². The Hall–Kier alpha value is -1.92. The van der Waals surface area contributed by atoms with Crippen LogP contribution in [0.4, 0.5) is 0 Å². The Bertz CT molecular complexity index is 862. The summed E-state index contributed by atoms with van der Waals surface area (Å²) in [6.07, 6.45) is 4.59. The van der Waals surface area contributed by atoms with Gasteiger partial charge >= 0.3 is 0 Å². The Morgan fingerprint density at radius 2 is 1.92 bits per heavy atom. The fourth-order valence-electron chi connectivity index (χ4n) is 3.75. The van der Waals surface area contributed by atoms with Crippen LogP contribution < -0.4 is 4.90 Å². The van der Waals surface area contributed by atoms with Crippen molar-refractivity contribution in [3.63, 3.8) is 0 Å². The number of fused-ring (bicyclic) bond motifs is 1. The van der Waals surface area contributed by atoms with Crippen molar-refractivity contribution < 1.29 is 10.0 Å². The number of benzene rings is 1. The second-order valence-electron chi connectivity index (χ2n) is 6.93. The lowest BCUT2D eigenvalue weighted by Crippen LogP contribution is -3.13. The molecule has 6 heteroatoms. The molecule has 0 amide bonds. The van der Waals surface area contributed by atoms with Crippen molar-refractivity contribution >= 4 is 16.3 Å². The highest BCUT2D eigenvalue weighted by Gasteiger charge is 2.33. The molecular formula is C19H25N4OS+. The van der Waals surface area contributed by atoms with E-state index in [1.807, 2.05) is 6.92 Å². The number of nitrogens with zero attached hydrogens (tertiary/aromatic N) is 3. The van der Waals surface area contributed by atoms with Crippen molar-refractivity contribution in [3.8, 4) is 5.88 Å². The second kappa shape index (κ2) is 6.77. The zero-order chi connectivity index (χ0) is 17.4. The Balaban J connectivity index is 1.80. The van der Waals surface area contributed by atoms with E-state index in [0.717, 1.165) is 35.2 Å². The predicted octanol–water partition coefficient (Wildman–Crippen LogP) is 2.53. The minimum absolute atomic E-state index is 0.152. The first-order valence-corrected chi connectivity index (χ1v) is 9.97. The first-order valence-electron chi connectivity index (χ1n) is 9.16. The monoisotopic (exact) mass is 357 g/mol. The van der Waals surface area contributed by atoms with Gasteiger partial charge in [-0.05, 0) is 26.2 Å². The lowest BCUT2D eigenvalue weighted by Gasteiger charge is -2.31. The minimum atomic E-state index is 0.152. The molecule has 2 N–H and O–H groups in total. The molecule has 0 bridgehead atoms. The van der Waals surface area contributed by atoms with Crippen molar-refractivity contribution in [3.05, 3.63) is 46.1 Å². The van der Waals surface area contributed by atoms with Gasteiger partial charge in [-0.25, -0.2) is 4.98 Å². The van der Waals surface area contributed by atoms with E-state index in [9.17, 15) is 5.11 Å². The lowest BCUT2D eigenvalue weighted by atomic mass is 9.99. The predicted molar refractivity (Wildman–Crippen MR) is 99.5 cm³/mol. The van der Waals surface area contributed by atoms with E-state index in [4.69, 9.17) is 0 Å². The molecule has 132 valence electrons. The number of rotatable bonds is 4. The maximum Gasteiger partial charge on any atom is 0.235 e. The number of piperidine rings is 1. The van der Waals surface area contributed by atoms with Crippen LogP contribution in [0.1, 0.15) is 54.1 Å². The number of aryl methyl sites for hydroxylation is 2. The van der Waals surface area contributed by atoms with Crippen molar-refractivity contribution in [2.24, 2.45) is 0 Å². The Kier molecular flexibility index (Phi) is 4.48. The summed E-state index contributed by atoms with van der Waals surface area (Å²) >= 11 is 1.58. The highest BCUT2D eigenvalue weighted by molar-refractivity contribution is 7.17. The first kappa shape index (κ1) is 16.5. The summed E-state index contributed by atoms with van der Waals surface area (Å²) in [5.74, 6) is 1.04. The molecule has 25 heavy (non-hydrogen) atoms. The van der Waals surface area contributed by atoms with Gasteiger partial charge in [0.25, 0.3) is 0 Å². The number of thiazole rings is 1. The van der Waals surface area contributed by atoms with E-state index in [2.05, 4.69) is 41.3 Å². The summed E-state index contributed by atoms with van der Waals surface area (Å²) in [5.41, 5.74) is 2.52. The van der Waals surface area contributed by atoms with E-state index in [-0.39, 0.29) is 11.9 Å². The molecule has 1 fully saturated rings. The lowest BCUT2D eigenvalue weighted by molar-refractivity contribution is -0.929. The normalized spacial score (nSPS) is 17.2. The van der Waals surface area contributed by atoms with Gasteiger partial charge in [0, 0.05) is 12.0 Å². The molecule has 4 rings (SSSR count). The molecule has 0 aliphatic carbocycles. The molecule has 3 heterocycles. The zero-order valence-corrected chi connectivity index (χ0v) is 15.6. The quantitative estimate of drug-likeness (QED) is 0.754. The number of nitrogens with one attached hydrogen (secondary N) is 1. The SMILES string of the molecule is CCc1nc2sc([C@H](c3ccc(C)cc3)[NH+]3CCCCC3)c(O)n2n1. The maximum absolute atomic E-state index is 10.9. The zero-order valence-electron chi connectivity index (χ0n) is 14.8. The van der Waals surface area contributed by atoms with Gasteiger partial charge in [-0.3, -0.25) is 0 Å². The molecule has 1 aliphatic heterocycles. The van der Waals surface area contributed by atoms with Crippen LogP contribution in [0.15, 0.2) is 24.3 Å². The molecule has 1 atom stereocenters. The number of aromatic hydroxyl groups is 1. The first-order chi connectivity index (χ1) is 12.2. The third-order valence-corrected chi connectivity index (χ3v) is 6.22. The third-order valence-electron chi connectivity index (χ3n) is 5.14. The van der Waals surface area contributed by atoms with Gasteiger partial charge in [-0.1, -0.05) is 48.1 Å². The average Bonchev–Trinajstić information content (AvgIpc) is 3.18. The molecule has 5 nitrogen and oxygen atoms in total. The summed E-state index contributed by atoms with van der Waals surface area (Å²) in [4.78, 5) is 7.86. The Morgan fingerprint density at radius 3 is 2.56 bits per heavy atom.